The van der Waals surface area contributed by atoms with Crippen molar-refractivity contribution >= 4 is 35.5 Å². The molecule has 7 nitrogen and oxygen atoms in total. The number of amides is 4. The molecule has 2 aliphatic heterocycles. The van der Waals surface area contributed by atoms with Crippen LogP contribution in [0.1, 0.15) is 24.2 Å². The SMILES string of the molecule is Cc1ccc(N2C(=O)NC(=O)C(=Cc3ccc(N4CCCC4)o3)C2=O)cc1. The van der Waals surface area contributed by atoms with Gasteiger partial charge in [-0.25, -0.2) is 9.69 Å². The molecule has 0 aliphatic carbocycles. The fraction of sp³-hybridized carbons (Fsp3) is 0.250. The van der Waals surface area contributed by atoms with E-state index in [-0.39, 0.29) is 5.57 Å². The zero-order valence-electron chi connectivity index (χ0n) is 14.9. The normalized spacial score (nSPS) is 19.1. The largest absolute Gasteiger partial charge is 0.441 e. The van der Waals surface area contributed by atoms with Crippen LogP contribution in [-0.2, 0) is 9.59 Å². The summed E-state index contributed by atoms with van der Waals surface area (Å²) < 4.78 is 5.76. The van der Waals surface area contributed by atoms with E-state index in [4.69, 9.17) is 4.42 Å². The molecule has 0 atom stereocenters. The second-order valence-electron chi connectivity index (χ2n) is 6.66. The van der Waals surface area contributed by atoms with Crippen molar-refractivity contribution in [2.45, 2.75) is 19.8 Å². The number of rotatable bonds is 3. The zero-order valence-corrected chi connectivity index (χ0v) is 14.9. The number of carbonyl (C=O) groups excluding carboxylic acids is 3. The van der Waals surface area contributed by atoms with Crippen molar-refractivity contribution < 1.29 is 18.8 Å². The highest BCUT2D eigenvalue weighted by Gasteiger charge is 2.37. The Morgan fingerprint density at radius 2 is 1.70 bits per heavy atom. The molecule has 2 saturated heterocycles. The maximum Gasteiger partial charge on any atom is 0.335 e. The van der Waals surface area contributed by atoms with Gasteiger partial charge in [0.2, 0.25) is 0 Å². The van der Waals surface area contributed by atoms with Gasteiger partial charge in [0.1, 0.15) is 11.3 Å². The summed E-state index contributed by atoms with van der Waals surface area (Å²) in [5.74, 6) is -0.290. The van der Waals surface area contributed by atoms with E-state index in [0.29, 0.717) is 11.4 Å². The summed E-state index contributed by atoms with van der Waals surface area (Å²) in [5.41, 5.74) is 1.26. The lowest BCUT2D eigenvalue weighted by Gasteiger charge is -2.26. The van der Waals surface area contributed by atoms with Crippen molar-refractivity contribution in [2.24, 2.45) is 0 Å². The Labute approximate surface area is 156 Å². The number of nitrogens with one attached hydrogen (secondary N) is 1. The molecule has 27 heavy (non-hydrogen) atoms. The molecule has 3 heterocycles. The Bertz CT molecular complexity index is 936. The van der Waals surface area contributed by atoms with Crippen LogP contribution in [0, 0.1) is 6.92 Å². The minimum atomic E-state index is -0.761. The van der Waals surface area contributed by atoms with Crippen molar-refractivity contribution in [3.8, 4) is 0 Å². The number of benzene rings is 1. The minimum Gasteiger partial charge on any atom is -0.441 e. The minimum absolute atomic E-state index is 0.141. The Hall–Kier alpha value is -3.35. The third-order valence-electron chi connectivity index (χ3n) is 4.71. The Balaban J connectivity index is 1.64. The molecule has 2 aliphatic rings. The van der Waals surface area contributed by atoms with Crippen molar-refractivity contribution in [3.63, 3.8) is 0 Å². The molecule has 1 aromatic heterocycles. The van der Waals surface area contributed by atoms with Gasteiger partial charge in [-0.1, -0.05) is 17.7 Å². The van der Waals surface area contributed by atoms with Gasteiger partial charge < -0.3 is 9.32 Å². The van der Waals surface area contributed by atoms with Gasteiger partial charge in [0, 0.05) is 19.2 Å². The van der Waals surface area contributed by atoms with E-state index in [0.717, 1.165) is 42.3 Å². The molecule has 4 amide bonds. The molecule has 1 aromatic carbocycles. The Morgan fingerprint density at radius 1 is 1.00 bits per heavy atom. The second-order valence-corrected chi connectivity index (χ2v) is 6.66. The molecule has 0 spiro atoms. The molecule has 0 unspecified atom stereocenters. The van der Waals surface area contributed by atoms with E-state index in [1.807, 2.05) is 13.0 Å². The number of aryl methyl sites for hydroxylation is 1. The summed E-state index contributed by atoms with van der Waals surface area (Å²) in [5, 5.41) is 2.21. The summed E-state index contributed by atoms with van der Waals surface area (Å²) in [7, 11) is 0. The predicted molar refractivity (Wildman–Crippen MR) is 100 cm³/mol. The molecule has 138 valence electrons. The van der Waals surface area contributed by atoms with Gasteiger partial charge in [0.25, 0.3) is 11.8 Å². The smallest absolute Gasteiger partial charge is 0.335 e. The predicted octanol–water partition coefficient (Wildman–Crippen LogP) is 2.85. The highest BCUT2D eigenvalue weighted by molar-refractivity contribution is 6.39. The van der Waals surface area contributed by atoms with Crippen LogP contribution in [0.4, 0.5) is 16.4 Å². The van der Waals surface area contributed by atoms with Gasteiger partial charge in [-0.2, -0.15) is 0 Å². The maximum absolute atomic E-state index is 12.8. The molecule has 0 bridgehead atoms. The fourth-order valence-electron chi connectivity index (χ4n) is 3.26. The fourth-order valence-corrected chi connectivity index (χ4v) is 3.26. The zero-order chi connectivity index (χ0) is 19.0. The van der Waals surface area contributed by atoms with Gasteiger partial charge >= 0.3 is 6.03 Å². The number of hydrogen-bond donors (Lipinski definition) is 1. The Kier molecular flexibility index (Phi) is 4.27. The van der Waals surface area contributed by atoms with Gasteiger partial charge in [0.15, 0.2) is 5.88 Å². The molecular formula is C20H19N3O4. The topological polar surface area (TPSA) is 82.9 Å². The van der Waals surface area contributed by atoms with Crippen LogP contribution in [-0.4, -0.2) is 30.9 Å². The summed E-state index contributed by atoms with van der Waals surface area (Å²) >= 11 is 0. The molecular weight excluding hydrogens is 346 g/mol. The monoisotopic (exact) mass is 365 g/mol. The number of furan rings is 1. The maximum atomic E-state index is 12.8. The first kappa shape index (κ1) is 17.1. The number of carbonyl (C=O) groups is 3. The molecule has 7 heteroatoms. The van der Waals surface area contributed by atoms with E-state index in [1.165, 1.54) is 6.08 Å². The molecule has 0 saturated carbocycles. The van der Waals surface area contributed by atoms with Crippen LogP contribution in [0.5, 0.6) is 0 Å². The van der Waals surface area contributed by atoms with Gasteiger partial charge in [0.05, 0.1) is 5.69 Å². The lowest BCUT2D eigenvalue weighted by Crippen LogP contribution is -2.54. The Morgan fingerprint density at radius 3 is 2.41 bits per heavy atom. The third-order valence-corrected chi connectivity index (χ3v) is 4.71. The van der Waals surface area contributed by atoms with Crippen molar-refractivity contribution in [1.29, 1.82) is 0 Å². The van der Waals surface area contributed by atoms with Gasteiger partial charge in [-0.05, 0) is 44.0 Å². The van der Waals surface area contributed by atoms with Crippen LogP contribution in [0.2, 0.25) is 0 Å². The number of anilines is 2. The quantitative estimate of drug-likeness (QED) is 0.668. The van der Waals surface area contributed by atoms with Crippen molar-refractivity contribution in [1.82, 2.24) is 5.32 Å². The molecule has 4 rings (SSSR count). The van der Waals surface area contributed by atoms with Crippen LogP contribution in [0.3, 0.4) is 0 Å². The number of hydrogen-bond acceptors (Lipinski definition) is 5. The van der Waals surface area contributed by atoms with Gasteiger partial charge in [-0.15, -0.1) is 0 Å². The first-order chi connectivity index (χ1) is 13.0. The van der Waals surface area contributed by atoms with Crippen LogP contribution < -0.4 is 15.1 Å². The van der Waals surface area contributed by atoms with Crippen molar-refractivity contribution in [2.75, 3.05) is 22.9 Å². The molecule has 2 aromatic rings. The van der Waals surface area contributed by atoms with E-state index in [1.54, 1.807) is 30.3 Å². The summed E-state index contributed by atoms with van der Waals surface area (Å²) in [4.78, 5) is 40.3. The van der Waals surface area contributed by atoms with Gasteiger partial charge in [-0.3, -0.25) is 14.9 Å². The standard InChI is InChI=1S/C20H19N3O4/c1-13-4-6-14(7-5-13)23-19(25)16(18(24)21-20(23)26)12-15-8-9-17(27-15)22-10-2-3-11-22/h4-9,12H,2-3,10-11H2,1H3,(H,21,24,26). The average molecular weight is 365 g/mol. The van der Waals surface area contributed by atoms with Crippen molar-refractivity contribution in [3.05, 3.63) is 53.3 Å². The summed E-state index contributed by atoms with van der Waals surface area (Å²) in [6.07, 6.45) is 3.61. The van der Waals surface area contributed by atoms with Crippen LogP contribution in [0.15, 0.2) is 46.4 Å². The highest BCUT2D eigenvalue weighted by atomic mass is 16.4. The molecule has 2 fully saturated rings. The summed E-state index contributed by atoms with van der Waals surface area (Å²) in [6, 6.07) is 9.70. The molecule has 0 radical (unpaired) electrons. The number of urea groups is 1. The number of nitrogens with zero attached hydrogens (tertiary/aromatic N) is 2. The third kappa shape index (κ3) is 3.23. The van der Waals surface area contributed by atoms with Crippen LogP contribution >= 0.6 is 0 Å². The van der Waals surface area contributed by atoms with Crippen LogP contribution in [0.25, 0.3) is 6.08 Å². The first-order valence-corrected chi connectivity index (χ1v) is 8.86. The number of imide groups is 2. The van der Waals surface area contributed by atoms with E-state index in [9.17, 15) is 14.4 Å². The lowest BCUT2D eigenvalue weighted by molar-refractivity contribution is -0.122. The summed E-state index contributed by atoms with van der Waals surface area (Å²) in [6.45, 7) is 3.77. The average Bonchev–Trinajstić information content (AvgIpc) is 3.31. The molecule has 1 N–H and O–H groups in total. The van der Waals surface area contributed by atoms with E-state index >= 15 is 0 Å². The lowest BCUT2D eigenvalue weighted by atomic mass is 10.1. The second kappa shape index (κ2) is 6.75. The first-order valence-electron chi connectivity index (χ1n) is 8.86. The van der Waals surface area contributed by atoms with E-state index in [2.05, 4.69) is 10.2 Å². The highest BCUT2D eigenvalue weighted by Crippen LogP contribution is 2.26. The van der Waals surface area contributed by atoms with E-state index < -0.39 is 17.8 Å². The number of barbiturate groups is 1.